The molecule has 0 rings (SSSR count). The zero-order valence-corrected chi connectivity index (χ0v) is 3.96. The van der Waals surface area contributed by atoms with Crippen LogP contribution < -0.4 is 0 Å². The van der Waals surface area contributed by atoms with Crippen LogP contribution in [-0.2, 0) is 21.7 Å². The van der Waals surface area contributed by atoms with Crippen molar-refractivity contribution in [2.75, 3.05) is 0 Å². The van der Waals surface area contributed by atoms with Crippen molar-refractivity contribution in [3.05, 3.63) is 0 Å². The zero-order chi connectivity index (χ0) is 2.00. The molecule has 0 spiro atoms. The van der Waals surface area contributed by atoms with Crippen LogP contribution in [0.2, 0.25) is 0 Å². The van der Waals surface area contributed by atoms with Crippen LogP contribution in [0.4, 0.5) is 0 Å². The van der Waals surface area contributed by atoms with Crippen LogP contribution in [0.1, 0.15) is 0 Å². The molecule has 0 saturated carbocycles. The molecule has 0 aliphatic rings. The SMILES string of the molecule is O.O.OO.[Ti]. The van der Waals surface area contributed by atoms with E-state index in [9.17, 15) is 0 Å². The summed E-state index contributed by atoms with van der Waals surface area (Å²) in [6.07, 6.45) is 0. The first-order valence-corrected chi connectivity index (χ1v) is 0.200. The van der Waals surface area contributed by atoms with Gasteiger partial charge in [0.1, 0.15) is 0 Å². The predicted molar refractivity (Wildman–Crippen MR) is 12.5 cm³/mol. The fourth-order valence-electron chi connectivity index (χ4n) is 0. The fraction of sp³-hybridized carbons (Fsp3) is 0. The summed E-state index contributed by atoms with van der Waals surface area (Å²) in [6, 6.07) is 0. The zero-order valence-electron chi connectivity index (χ0n) is 2.39. The van der Waals surface area contributed by atoms with Gasteiger partial charge in [-0.05, 0) is 0 Å². The number of hydrogen-bond acceptors (Lipinski definition) is 2. The molecule has 0 bridgehead atoms. The topological polar surface area (TPSA) is 103 Å². The Bertz CT molecular complexity index is 3.61. The van der Waals surface area contributed by atoms with Gasteiger partial charge in [0, 0.05) is 21.7 Å². The van der Waals surface area contributed by atoms with Gasteiger partial charge in [0.25, 0.3) is 0 Å². The van der Waals surface area contributed by atoms with E-state index >= 15 is 0 Å². The Hall–Kier alpha value is 0.554. The van der Waals surface area contributed by atoms with Gasteiger partial charge in [0.05, 0.1) is 0 Å². The van der Waals surface area contributed by atoms with Gasteiger partial charge in [-0.2, -0.15) is 0 Å². The summed E-state index contributed by atoms with van der Waals surface area (Å²) in [5.74, 6) is 0. The Labute approximate surface area is 43.9 Å². The van der Waals surface area contributed by atoms with Gasteiger partial charge >= 0.3 is 0 Å². The van der Waals surface area contributed by atoms with Crippen molar-refractivity contribution in [3.63, 3.8) is 0 Å². The molecule has 0 aromatic rings. The van der Waals surface area contributed by atoms with Crippen LogP contribution in [0.25, 0.3) is 0 Å². The maximum Gasteiger partial charge on any atom is 0 e. The summed E-state index contributed by atoms with van der Waals surface area (Å²) in [7, 11) is 0. The largest absolute Gasteiger partial charge is 0.412 e. The molecule has 0 saturated heterocycles. The third-order valence-corrected chi connectivity index (χ3v) is 0. The van der Waals surface area contributed by atoms with Crippen molar-refractivity contribution in [2.45, 2.75) is 0 Å². The minimum atomic E-state index is 0. The first-order chi connectivity index (χ1) is 1.00. The Morgan fingerprint density at radius 2 is 0.800 bits per heavy atom. The molecule has 5 heavy (non-hydrogen) atoms. The molecule has 5 heteroatoms. The average molecular weight is 118 g/mol. The molecular weight excluding hydrogens is 112 g/mol. The van der Waals surface area contributed by atoms with Crippen molar-refractivity contribution in [1.82, 2.24) is 0 Å². The van der Waals surface area contributed by atoms with E-state index in [1.54, 1.807) is 0 Å². The summed E-state index contributed by atoms with van der Waals surface area (Å²) in [6.45, 7) is 0. The minimum absolute atomic E-state index is 0. The van der Waals surface area contributed by atoms with Crippen molar-refractivity contribution < 1.29 is 43.2 Å². The molecule has 6 N–H and O–H groups in total. The summed E-state index contributed by atoms with van der Waals surface area (Å²) < 4.78 is 0. The molecule has 0 aliphatic heterocycles. The predicted octanol–water partition coefficient (Wildman–Crippen LogP) is -1.63. The maximum absolute atomic E-state index is 6.00. The third kappa shape index (κ3) is 96.7. The molecule has 0 aliphatic carbocycles. The van der Waals surface area contributed by atoms with Crippen LogP contribution in [0, 0.1) is 0 Å². The summed E-state index contributed by atoms with van der Waals surface area (Å²) in [5.41, 5.74) is 0. The van der Waals surface area contributed by atoms with Gasteiger partial charge in [-0.3, -0.25) is 10.5 Å². The molecule has 0 aromatic carbocycles. The Morgan fingerprint density at radius 3 is 0.800 bits per heavy atom. The number of rotatable bonds is 0. The van der Waals surface area contributed by atoms with Gasteiger partial charge < -0.3 is 11.0 Å². The van der Waals surface area contributed by atoms with Crippen LogP contribution in [0.5, 0.6) is 0 Å². The standard InChI is InChI=1S/H2O2.2H2O.Ti/c1-2;;;/h1-2H;2*1H2;. The van der Waals surface area contributed by atoms with E-state index in [2.05, 4.69) is 0 Å². The van der Waals surface area contributed by atoms with E-state index < -0.39 is 0 Å². The van der Waals surface area contributed by atoms with E-state index in [-0.39, 0.29) is 32.7 Å². The normalized spacial score (nSPS) is 1.20. The Morgan fingerprint density at radius 1 is 0.800 bits per heavy atom. The van der Waals surface area contributed by atoms with Crippen LogP contribution >= 0.6 is 0 Å². The Balaban J connectivity index is -0.00000000167. The van der Waals surface area contributed by atoms with Gasteiger partial charge in [-0.15, -0.1) is 0 Å². The molecule has 0 fully saturated rings. The Kier molecular flexibility index (Phi) is 1790. The maximum atomic E-state index is 6.00. The smallest absolute Gasteiger partial charge is 0 e. The van der Waals surface area contributed by atoms with Gasteiger partial charge in [-0.25, -0.2) is 0 Å². The first kappa shape index (κ1) is 47.7. The molecule has 0 amide bonds. The van der Waals surface area contributed by atoms with E-state index in [0.717, 1.165) is 0 Å². The molecule has 4 nitrogen and oxygen atoms in total. The number of hydrogen-bond donors (Lipinski definition) is 2. The second-order valence-electron chi connectivity index (χ2n) is 0. The van der Waals surface area contributed by atoms with E-state index in [1.807, 2.05) is 0 Å². The minimum Gasteiger partial charge on any atom is -0.412 e. The molecule has 0 heterocycles. The first-order valence-electron chi connectivity index (χ1n) is 0.200. The molecule has 34 valence electrons. The van der Waals surface area contributed by atoms with E-state index in [4.69, 9.17) is 10.5 Å². The van der Waals surface area contributed by atoms with Crippen molar-refractivity contribution >= 4 is 0 Å². The van der Waals surface area contributed by atoms with E-state index in [0.29, 0.717) is 0 Å². The van der Waals surface area contributed by atoms with Gasteiger partial charge in [-0.1, -0.05) is 0 Å². The van der Waals surface area contributed by atoms with Crippen molar-refractivity contribution in [2.24, 2.45) is 0 Å². The molecule has 0 radical (unpaired) electrons. The van der Waals surface area contributed by atoms with Crippen molar-refractivity contribution in [3.8, 4) is 0 Å². The molecule has 0 aromatic heterocycles. The van der Waals surface area contributed by atoms with Crippen LogP contribution in [0.3, 0.4) is 0 Å². The second-order valence-corrected chi connectivity index (χ2v) is 0. The van der Waals surface area contributed by atoms with Gasteiger partial charge in [0.15, 0.2) is 0 Å². The molecular formula is H6O4Ti. The summed E-state index contributed by atoms with van der Waals surface area (Å²) >= 11 is 0. The third-order valence-electron chi connectivity index (χ3n) is 0. The second kappa shape index (κ2) is 187. The van der Waals surface area contributed by atoms with Crippen LogP contribution in [-0.4, -0.2) is 21.5 Å². The molecule has 0 unspecified atom stereocenters. The van der Waals surface area contributed by atoms with Crippen LogP contribution in [0.15, 0.2) is 0 Å². The quantitative estimate of drug-likeness (QED) is 0.226. The fourth-order valence-corrected chi connectivity index (χ4v) is 0. The summed E-state index contributed by atoms with van der Waals surface area (Å²) in [5, 5.41) is 12.0. The van der Waals surface area contributed by atoms with E-state index in [1.165, 1.54) is 0 Å². The van der Waals surface area contributed by atoms with Crippen molar-refractivity contribution in [1.29, 1.82) is 0 Å². The monoisotopic (exact) mass is 118 g/mol. The summed E-state index contributed by atoms with van der Waals surface area (Å²) in [4.78, 5) is 0. The van der Waals surface area contributed by atoms with Gasteiger partial charge in [0.2, 0.25) is 0 Å². The average Bonchev–Trinajstić information content (AvgIpc) is 1.00. The molecule has 0 atom stereocenters.